The van der Waals surface area contributed by atoms with Gasteiger partial charge in [0.05, 0.1) is 7.11 Å². The molecule has 76 valence electrons. The highest BCUT2D eigenvalue weighted by molar-refractivity contribution is 7.57. The van der Waals surface area contributed by atoms with Gasteiger partial charge in [-0.2, -0.15) is 0 Å². The molecule has 0 amide bonds. The van der Waals surface area contributed by atoms with Crippen molar-refractivity contribution in [2.75, 3.05) is 21.3 Å². The van der Waals surface area contributed by atoms with E-state index in [0.717, 1.165) is 5.82 Å². The molecule has 6 heteroatoms. The first-order chi connectivity index (χ1) is 5.99. The number of rotatable bonds is 4. The molecule has 0 aliphatic heterocycles. The second-order valence-corrected chi connectivity index (χ2v) is 4.28. The van der Waals surface area contributed by atoms with Crippen molar-refractivity contribution in [1.82, 2.24) is 0 Å². The Bertz CT molecular complexity index is 250. The van der Waals surface area contributed by atoms with Gasteiger partial charge in [0.2, 0.25) is 0 Å². The average Bonchev–Trinajstić information content (AvgIpc) is 2.16. The Morgan fingerprint density at radius 1 is 1.23 bits per heavy atom. The molecule has 0 heterocycles. The Hall–Kier alpha value is -0.640. The number of ether oxygens (including phenoxy) is 1. The number of esters is 1. The van der Waals surface area contributed by atoms with Crippen molar-refractivity contribution in [2.24, 2.45) is 0 Å². The van der Waals surface area contributed by atoms with Crippen molar-refractivity contribution in [1.29, 1.82) is 0 Å². The van der Waals surface area contributed by atoms with E-state index in [1.807, 2.05) is 0 Å². The van der Waals surface area contributed by atoms with Gasteiger partial charge < -0.3 is 13.8 Å². The lowest BCUT2D eigenvalue weighted by atomic mass is 10.4. The van der Waals surface area contributed by atoms with Crippen LogP contribution in [0.1, 0.15) is 6.92 Å². The number of hydrogen-bond donors (Lipinski definition) is 0. The van der Waals surface area contributed by atoms with Crippen molar-refractivity contribution in [3.05, 3.63) is 11.4 Å². The summed E-state index contributed by atoms with van der Waals surface area (Å²) in [5.74, 6) is 0.563. The summed E-state index contributed by atoms with van der Waals surface area (Å²) in [6.45, 7) is 1.47. The third-order valence-corrected chi connectivity index (χ3v) is 3.09. The van der Waals surface area contributed by atoms with Crippen LogP contribution in [0.4, 0.5) is 0 Å². The topological polar surface area (TPSA) is 61.8 Å². The van der Waals surface area contributed by atoms with Crippen molar-refractivity contribution in [3.63, 3.8) is 0 Å². The molecule has 13 heavy (non-hydrogen) atoms. The lowest BCUT2D eigenvalue weighted by Crippen LogP contribution is -2.01. The van der Waals surface area contributed by atoms with Crippen LogP contribution in [0.3, 0.4) is 0 Å². The fourth-order valence-electron chi connectivity index (χ4n) is 0.631. The van der Waals surface area contributed by atoms with Crippen LogP contribution >= 0.6 is 7.60 Å². The van der Waals surface area contributed by atoms with E-state index in [-0.39, 0.29) is 5.57 Å². The zero-order valence-electron chi connectivity index (χ0n) is 8.07. The zero-order chi connectivity index (χ0) is 10.5. The molecule has 0 unspecified atom stereocenters. The minimum Gasteiger partial charge on any atom is -0.466 e. The predicted molar refractivity (Wildman–Crippen MR) is 47.4 cm³/mol. The molecule has 0 aromatic heterocycles. The minimum atomic E-state index is -3.27. The molecule has 0 aromatic rings. The van der Waals surface area contributed by atoms with Crippen molar-refractivity contribution in [2.45, 2.75) is 6.92 Å². The Labute approximate surface area is 77.2 Å². The van der Waals surface area contributed by atoms with Crippen LogP contribution in [0, 0.1) is 0 Å². The first-order valence-corrected chi connectivity index (χ1v) is 5.09. The van der Waals surface area contributed by atoms with E-state index in [9.17, 15) is 9.36 Å². The number of hydrogen-bond acceptors (Lipinski definition) is 5. The Morgan fingerprint density at radius 3 is 2.00 bits per heavy atom. The summed E-state index contributed by atoms with van der Waals surface area (Å²) in [7, 11) is 0.456. The van der Waals surface area contributed by atoms with Gasteiger partial charge in [-0.1, -0.05) is 0 Å². The van der Waals surface area contributed by atoms with Crippen molar-refractivity contribution >= 4 is 13.6 Å². The van der Waals surface area contributed by atoms with Crippen LogP contribution in [0.25, 0.3) is 0 Å². The smallest absolute Gasteiger partial charge is 0.354 e. The fourth-order valence-corrected chi connectivity index (χ4v) is 1.57. The molecule has 0 radical (unpaired) electrons. The zero-order valence-corrected chi connectivity index (χ0v) is 8.96. The highest BCUT2D eigenvalue weighted by Crippen LogP contribution is 2.48. The number of carbonyl (C=O) groups is 1. The monoisotopic (exact) mass is 208 g/mol. The molecule has 0 fully saturated rings. The van der Waals surface area contributed by atoms with Gasteiger partial charge in [-0.3, -0.25) is 4.57 Å². The normalized spacial score (nSPS) is 12.8. The Morgan fingerprint density at radius 2 is 1.69 bits per heavy atom. The van der Waals surface area contributed by atoms with Crippen LogP contribution in [0.5, 0.6) is 0 Å². The van der Waals surface area contributed by atoms with Crippen LogP contribution in [0.15, 0.2) is 11.4 Å². The van der Waals surface area contributed by atoms with Gasteiger partial charge in [0.1, 0.15) is 0 Å². The molecule has 0 saturated carbocycles. The van der Waals surface area contributed by atoms with E-state index in [1.54, 1.807) is 0 Å². The van der Waals surface area contributed by atoms with Gasteiger partial charge in [0, 0.05) is 25.6 Å². The molecular formula is C7H13O5P. The molecule has 0 bridgehead atoms. The number of methoxy groups -OCH3 is 1. The van der Waals surface area contributed by atoms with Gasteiger partial charge >= 0.3 is 13.6 Å². The Kier molecular flexibility index (Phi) is 4.91. The SMILES string of the molecule is COC(=O)/C(C)=C/P(=O)(OC)OC. The average molecular weight is 208 g/mol. The molecular weight excluding hydrogens is 195 g/mol. The van der Waals surface area contributed by atoms with Crippen LogP contribution in [-0.2, 0) is 23.1 Å². The summed E-state index contributed by atoms with van der Waals surface area (Å²) >= 11 is 0. The summed E-state index contributed by atoms with van der Waals surface area (Å²) in [5.41, 5.74) is 0.189. The van der Waals surface area contributed by atoms with E-state index in [4.69, 9.17) is 0 Å². The summed E-state index contributed by atoms with van der Waals surface area (Å²) < 4.78 is 25.1. The molecule has 0 spiro atoms. The first kappa shape index (κ1) is 12.4. The minimum absolute atomic E-state index is 0.189. The van der Waals surface area contributed by atoms with Crippen LogP contribution in [-0.4, -0.2) is 27.3 Å². The summed E-state index contributed by atoms with van der Waals surface area (Å²) in [6.07, 6.45) is 0. The fraction of sp³-hybridized carbons (Fsp3) is 0.571. The van der Waals surface area contributed by atoms with Crippen LogP contribution < -0.4 is 0 Å². The van der Waals surface area contributed by atoms with Crippen molar-refractivity contribution in [3.8, 4) is 0 Å². The quantitative estimate of drug-likeness (QED) is 0.398. The molecule has 0 atom stereocenters. The van der Waals surface area contributed by atoms with E-state index < -0.39 is 13.6 Å². The molecule has 0 saturated heterocycles. The third kappa shape index (κ3) is 3.72. The largest absolute Gasteiger partial charge is 0.466 e. The second-order valence-electron chi connectivity index (χ2n) is 2.21. The lowest BCUT2D eigenvalue weighted by molar-refractivity contribution is -0.136. The molecule has 0 aromatic carbocycles. The highest BCUT2D eigenvalue weighted by Gasteiger charge is 2.19. The van der Waals surface area contributed by atoms with Gasteiger partial charge in [0.15, 0.2) is 0 Å². The van der Waals surface area contributed by atoms with E-state index >= 15 is 0 Å². The molecule has 0 rings (SSSR count). The van der Waals surface area contributed by atoms with E-state index in [0.29, 0.717) is 0 Å². The molecule has 0 aliphatic rings. The van der Waals surface area contributed by atoms with Crippen LogP contribution in [0.2, 0.25) is 0 Å². The molecule has 0 aliphatic carbocycles. The van der Waals surface area contributed by atoms with Gasteiger partial charge in [-0.15, -0.1) is 0 Å². The van der Waals surface area contributed by atoms with Gasteiger partial charge in [-0.05, 0) is 6.92 Å². The summed E-state index contributed by atoms with van der Waals surface area (Å²) in [5, 5.41) is 0. The third-order valence-electron chi connectivity index (χ3n) is 1.37. The number of carbonyl (C=O) groups excluding carboxylic acids is 1. The Balaban J connectivity index is 4.71. The summed E-state index contributed by atoms with van der Waals surface area (Å²) in [4.78, 5) is 10.9. The van der Waals surface area contributed by atoms with Gasteiger partial charge in [0.25, 0.3) is 0 Å². The maximum atomic E-state index is 11.5. The molecule has 5 nitrogen and oxygen atoms in total. The standard InChI is InChI=1S/C7H13O5P/c1-6(7(8)10-2)5-13(9,11-3)12-4/h5H,1-4H3/b6-5+. The maximum absolute atomic E-state index is 11.5. The van der Waals surface area contributed by atoms with Gasteiger partial charge in [-0.25, -0.2) is 4.79 Å². The maximum Gasteiger partial charge on any atom is 0.354 e. The van der Waals surface area contributed by atoms with E-state index in [1.165, 1.54) is 28.3 Å². The second kappa shape index (κ2) is 5.17. The predicted octanol–water partition coefficient (Wildman–Crippen LogP) is 1.55. The molecule has 0 N–H and O–H groups in total. The highest BCUT2D eigenvalue weighted by atomic mass is 31.2. The summed E-state index contributed by atoms with van der Waals surface area (Å²) in [6, 6.07) is 0. The van der Waals surface area contributed by atoms with Crippen molar-refractivity contribution < 1.29 is 23.1 Å². The van der Waals surface area contributed by atoms with E-state index in [2.05, 4.69) is 13.8 Å². The first-order valence-electron chi connectivity index (χ1n) is 3.48. The lowest BCUT2D eigenvalue weighted by Gasteiger charge is -2.09.